The number of benzene rings is 1. The fourth-order valence-electron chi connectivity index (χ4n) is 3.88. The molecule has 0 bridgehead atoms. The van der Waals surface area contributed by atoms with Gasteiger partial charge in [0.15, 0.2) is 0 Å². The Morgan fingerprint density at radius 1 is 1.36 bits per heavy atom. The molecule has 0 aliphatic heterocycles. The zero-order valence-electron chi connectivity index (χ0n) is 14.1. The third-order valence-electron chi connectivity index (χ3n) is 4.52. The summed E-state index contributed by atoms with van der Waals surface area (Å²) in [6.07, 6.45) is 3.30. The van der Waals surface area contributed by atoms with E-state index in [9.17, 15) is 4.79 Å². The topological polar surface area (TPSA) is 26.3 Å². The van der Waals surface area contributed by atoms with E-state index in [1.165, 1.54) is 12.0 Å². The highest BCUT2D eigenvalue weighted by Gasteiger charge is 2.39. The Morgan fingerprint density at radius 3 is 2.73 bits per heavy atom. The molecule has 3 heteroatoms. The molecule has 0 amide bonds. The summed E-state index contributed by atoms with van der Waals surface area (Å²) in [4.78, 5) is 12.5. The highest BCUT2D eigenvalue weighted by molar-refractivity contribution is 9.10. The van der Waals surface area contributed by atoms with E-state index in [0.717, 1.165) is 22.9 Å². The van der Waals surface area contributed by atoms with Crippen LogP contribution in [0.4, 0.5) is 0 Å². The normalized spacial score (nSPS) is 21.7. The minimum Gasteiger partial charge on any atom is -0.466 e. The molecule has 1 aromatic carbocycles. The molecule has 0 aromatic heterocycles. The zero-order chi connectivity index (χ0) is 16.3. The van der Waals surface area contributed by atoms with Crippen molar-refractivity contribution < 1.29 is 9.53 Å². The molecule has 2 rings (SSSR count). The summed E-state index contributed by atoms with van der Waals surface area (Å²) < 4.78 is 6.40. The van der Waals surface area contributed by atoms with Gasteiger partial charge >= 0.3 is 5.97 Å². The van der Waals surface area contributed by atoms with Crippen LogP contribution in [-0.4, -0.2) is 12.6 Å². The third-order valence-corrected chi connectivity index (χ3v) is 5.01. The van der Waals surface area contributed by atoms with Crippen molar-refractivity contribution in [2.24, 2.45) is 17.8 Å². The first-order chi connectivity index (χ1) is 10.4. The van der Waals surface area contributed by atoms with E-state index in [0.29, 0.717) is 24.4 Å². The highest BCUT2D eigenvalue weighted by Crippen LogP contribution is 2.43. The van der Waals surface area contributed by atoms with Crippen LogP contribution in [0, 0.1) is 17.8 Å². The summed E-state index contributed by atoms with van der Waals surface area (Å²) in [6, 6.07) is 6.32. The summed E-state index contributed by atoms with van der Waals surface area (Å²) in [6.45, 7) is 9.17. The predicted octanol–water partition coefficient (Wildman–Crippen LogP) is 5.34. The van der Waals surface area contributed by atoms with Gasteiger partial charge in [-0.25, -0.2) is 0 Å². The lowest BCUT2D eigenvalue weighted by atomic mass is 9.83. The summed E-state index contributed by atoms with van der Waals surface area (Å²) in [7, 11) is 0. The first-order valence-electron chi connectivity index (χ1n) is 8.37. The van der Waals surface area contributed by atoms with Gasteiger partial charge in [0.25, 0.3) is 0 Å². The number of rotatable bonds is 6. The Labute approximate surface area is 142 Å². The van der Waals surface area contributed by atoms with Crippen molar-refractivity contribution in [2.45, 2.75) is 52.9 Å². The standard InChI is InChI=1S/C19H27BrO2/c1-5-22-19(21)18-15(9-13(4)8-12(2)3)10-14-6-7-16(20)11-17(14)18/h6-7,11-13,15,18H,5,8-10H2,1-4H3. The fourth-order valence-corrected chi connectivity index (χ4v) is 4.26. The van der Waals surface area contributed by atoms with Gasteiger partial charge < -0.3 is 4.74 Å². The van der Waals surface area contributed by atoms with Crippen molar-refractivity contribution in [3.05, 3.63) is 33.8 Å². The van der Waals surface area contributed by atoms with E-state index >= 15 is 0 Å². The van der Waals surface area contributed by atoms with Gasteiger partial charge in [-0.3, -0.25) is 4.79 Å². The minimum absolute atomic E-state index is 0.0545. The lowest BCUT2D eigenvalue weighted by Crippen LogP contribution is -2.22. The molecule has 1 aromatic rings. The number of hydrogen-bond acceptors (Lipinski definition) is 2. The van der Waals surface area contributed by atoms with Crippen LogP contribution in [0.15, 0.2) is 22.7 Å². The Morgan fingerprint density at radius 2 is 2.09 bits per heavy atom. The van der Waals surface area contributed by atoms with Crippen molar-refractivity contribution in [1.29, 1.82) is 0 Å². The molecular formula is C19H27BrO2. The van der Waals surface area contributed by atoms with Crippen LogP contribution in [0.5, 0.6) is 0 Å². The maximum atomic E-state index is 12.5. The number of hydrogen-bond donors (Lipinski definition) is 0. The van der Waals surface area contributed by atoms with E-state index in [1.54, 1.807) is 0 Å². The van der Waals surface area contributed by atoms with E-state index in [2.05, 4.69) is 54.9 Å². The van der Waals surface area contributed by atoms with Gasteiger partial charge in [-0.1, -0.05) is 42.8 Å². The molecule has 0 saturated carbocycles. The first kappa shape index (κ1) is 17.5. The third kappa shape index (κ3) is 4.13. The predicted molar refractivity (Wildman–Crippen MR) is 93.9 cm³/mol. The maximum absolute atomic E-state index is 12.5. The highest BCUT2D eigenvalue weighted by atomic mass is 79.9. The van der Waals surface area contributed by atoms with Crippen molar-refractivity contribution in [3.8, 4) is 0 Å². The quantitative estimate of drug-likeness (QED) is 0.635. The number of halogens is 1. The summed E-state index contributed by atoms with van der Waals surface area (Å²) >= 11 is 3.53. The Kier molecular flexibility index (Phi) is 6.08. The second-order valence-corrected chi connectivity index (χ2v) is 7.92. The van der Waals surface area contributed by atoms with Gasteiger partial charge in [0.1, 0.15) is 0 Å². The summed E-state index contributed by atoms with van der Waals surface area (Å²) in [5, 5.41) is 0. The molecule has 0 saturated heterocycles. The second kappa shape index (κ2) is 7.63. The van der Waals surface area contributed by atoms with Crippen LogP contribution in [0.3, 0.4) is 0 Å². The smallest absolute Gasteiger partial charge is 0.313 e. The van der Waals surface area contributed by atoms with Crippen LogP contribution in [0.1, 0.15) is 57.6 Å². The van der Waals surface area contributed by atoms with Crippen molar-refractivity contribution in [1.82, 2.24) is 0 Å². The first-order valence-corrected chi connectivity index (χ1v) is 9.16. The van der Waals surface area contributed by atoms with Crippen LogP contribution < -0.4 is 0 Å². The molecule has 3 atom stereocenters. The Balaban J connectivity index is 2.21. The van der Waals surface area contributed by atoms with Gasteiger partial charge in [-0.15, -0.1) is 0 Å². The Hall–Kier alpha value is -0.830. The van der Waals surface area contributed by atoms with E-state index in [1.807, 2.05) is 6.92 Å². The number of ether oxygens (including phenoxy) is 1. The van der Waals surface area contributed by atoms with E-state index in [4.69, 9.17) is 4.74 Å². The average molecular weight is 367 g/mol. The molecule has 0 fully saturated rings. The SMILES string of the molecule is CCOC(=O)C1c2cc(Br)ccc2CC1CC(C)CC(C)C. The molecule has 1 aliphatic carbocycles. The molecule has 1 aliphatic rings. The van der Waals surface area contributed by atoms with Gasteiger partial charge in [0, 0.05) is 4.47 Å². The molecule has 0 radical (unpaired) electrons. The van der Waals surface area contributed by atoms with E-state index < -0.39 is 0 Å². The lowest BCUT2D eigenvalue weighted by molar-refractivity contribution is -0.146. The number of esters is 1. The monoisotopic (exact) mass is 366 g/mol. The Bertz CT molecular complexity index is 524. The fraction of sp³-hybridized carbons (Fsp3) is 0.632. The molecule has 0 spiro atoms. The van der Waals surface area contributed by atoms with Gasteiger partial charge in [-0.2, -0.15) is 0 Å². The van der Waals surface area contributed by atoms with Gasteiger partial charge in [-0.05, 0) is 67.2 Å². The van der Waals surface area contributed by atoms with Crippen LogP contribution in [0.2, 0.25) is 0 Å². The number of fused-ring (bicyclic) bond motifs is 1. The molecule has 3 unspecified atom stereocenters. The number of carbonyl (C=O) groups is 1. The molecule has 22 heavy (non-hydrogen) atoms. The molecule has 0 N–H and O–H groups in total. The molecule has 122 valence electrons. The zero-order valence-corrected chi connectivity index (χ0v) is 15.7. The second-order valence-electron chi connectivity index (χ2n) is 7.01. The lowest BCUT2D eigenvalue weighted by Gasteiger charge is -2.23. The van der Waals surface area contributed by atoms with Crippen molar-refractivity contribution in [2.75, 3.05) is 6.61 Å². The van der Waals surface area contributed by atoms with Crippen molar-refractivity contribution in [3.63, 3.8) is 0 Å². The van der Waals surface area contributed by atoms with E-state index in [-0.39, 0.29) is 11.9 Å². The van der Waals surface area contributed by atoms with Gasteiger partial charge in [0.2, 0.25) is 0 Å². The molecule has 0 heterocycles. The van der Waals surface area contributed by atoms with Crippen LogP contribution >= 0.6 is 15.9 Å². The maximum Gasteiger partial charge on any atom is 0.313 e. The van der Waals surface area contributed by atoms with Crippen molar-refractivity contribution >= 4 is 21.9 Å². The van der Waals surface area contributed by atoms with Crippen LogP contribution in [0.25, 0.3) is 0 Å². The molecular weight excluding hydrogens is 340 g/mol. The average Bonchev–Trinajstić information content (AvgIpc) is 2.74. The largest absolute Gasteiger partial charge is 0.466 e. The number of carbonyl (C=O) groups excluding carboxylic acids is 1. The molecule has 2 nitrogen and oxygen atoms in total. The summed E-state index contributed by atoms with van der Waals surface area (Å²) in [5.74, 6) is 1.56. The van der Waals surface area contributed by atoms with Gasteiger partial charge in [0.05, 0.1) is 12.5 Å². The van der Waals surface area contributed by atoms with Crippen LogP contribution in [-0.2, 0) is 16.0 Å². The minimum atomic E-state index is -0.0953. The summed E-state index contributed by atoms with van der Waals surface area (Å²) in [5.41, 5.74) is 2.47.